The summed E-state index contributed by atoms with van der Waals surface area (Å²) >= 11 is 3.39. The number of aliphatic hydroxyl groups excluding tert-OH is 1. The smallest absolute Gasteiger partial charge is 0.300 e. The van der Waals surface area contributed by atoms with Crippen LogP contribution < -0.4 is 9.64 Å². The number of hydrogen-bond donors (Lipinski definition) is 1. The normalized spacial score (nSPS) is 17.7. The molecule has 6 nitrogen and oxygen atoms in total. The van der Waals surface area contributed by atoms with E-state index in [0.29, 0.717) is 29.2 Å². The number of pyridine rings is 1. The molecule has 31 heavy (non-hydrogen) atoms. The van der Waals surface area contributed by atoms with E-state index >= 15 is 0 Å². The molecule has 1 aliphatic rings. The number of ketones is 1. The first kappa shape index (κ1) is 20.8. The number of anilines is 1. The van der Waals surface area contributed by atoms with Crippen LogP contribution in [0.3, 0.4) is 0 Å². The third-order valence-corrected chi connectivity index (χ3v) is 5.52. The van der Waals surface area contributed by atoms with Crippen molar-refractivity contribution in [1.82, 2.24) is 4.98 Å². The fourth-order valence-corrected chi connectivity index (χ4v) is 3.88. The molecule has 0 saturated carbocycles. The molecule has 1 fully saturated rings. The van der Waals surface area contributed by atoms with Crippen LogP contribution in [0.1, 0.15) is 24.1 Å². The van der Waals surface area contributed by atoms with Crippen LogP contribution in [0.25, 0.3) is 5.76 Å². The lowest BCUT2D eigenvalue weighted by atomic mass is 9.95. The number of ether oxygens (including phenoxy) is 1. The van der Waals surface area contributed by atoms with E-state index in [4.69, 9.17) is 4.74 Å². The highest BCUT2D eigenvalue weighted by Crippen LogP contribution is 2.42. The monoisotopic (exact) mass is 478 g/mol. The Hall–Kier alpha value is -3.45. The van der Waals surface area contributed by atoms with Gasteiger partial charge in [-0.25, -0.2) is 0 Å². The molecule has 1 atom stereocenters. The van der Waals surface area contributed by atoms with Gasteiger partial charge in [0.15, 0.2) is 0 Å². The number of nitrogens with zero attached hydrogens (tertiary/aromatic N) is 2. The molecule has 0 aliphatic carbocycles. The molecule has 0 radical (unpaired) electrons. The Labute approximate surface area is 187 Å². The third kappa shape index (κ3) is 3.96. The quantitative estimate of drug-likeness (QED) is 0.321. The number of carbonyl (C=O) groups excluding carboxylic acids is 2. The highest BCUT2D eigenvalue weighted by Gasteiger charge is 2.46. The van der Waals surface area contributed by atoms with Crippen molar-refractivity contribution < 1.29 is 19.4 Å². The van der Waals surface area contributed by atoms with E-state index in [1.807, 2.05) is 6.92 Å². The Bertz CT molecular complexity index is 1160. The number of halogens is 1. The lowest BCUT2D eigenvalue weighted by Crippen LogP contribution is -2.29. The van der Waals surface area contributed by atoms with E-state index in [9.17, 15) is 14.7 Å². The second-order valence-corrected chi connectivity index (χ2v) is 7.80. The molecule has 1 aromatic heterocycles. The van der Waals surface area contributed by atoms with Crippen LogP contribution in [0.2, 0.25) is 0 Å². The van der Waals surface area contributed by atoms with Crippen LogP contribution in [0.5, 0.6) is 5.75 Å². The molecule has 156 valence electrons. The van der Waals surface area contributed by atoms with Gasteiger partial charge in [-0.1, -0.05) is 28.1 Å². The van der Waals surface area contributed by atoms with E-state index in [-0.39, 0.29) is 11.3 Å². The molecule has 1 amide bonds. The number of carbonyl (C=O) groups is 2. The molecule has 1 unspecified atom stereocenters. The van der Waals surface area contributed by atoms with E-state index < -0.39 is 17.7 Å². The second-order valence-electron chi connectivity index (χ2n) is 6.89. The number of aromatic nitrogens is 1. The Morgan fingerprint density at radius 1 is 1.10 bits per heavy atom. The predicted octanol–water partition coefficient (Wildman–Crippen LogP) is 4.87. The number of Topliss-reactive ketones (excluding diaryl/α,β-unsaturated/α-hetero) is 1. The summed E-state index contributed by atoms with van der Waals surface area (Å²) in [5, 5.41) is 11.1. The fourth-order valence-electron chi connectivity index (χ4n) is 3.62. The predicted molar refractivity (Wildman–Crippen MR) is 121 cm³/mol. The van der Waals surface area contributed by atoms with Gasteiger partial charge in [-0.05, 0) is 61.0 Å². The maximum absolute atomic E-state index is 13.1. The molecule has 2 heterocycles. The molecular formula is C24H19BrN2O4. The van der Waals surface area contributed by atoms with Crippen molar-refractivity contribution in [3.8, 4) is 5.75 Å². The van der Waals surface area contributed by atoms with Gasteiger partial charge in [0.2, 0.25) is 0 Å². The van der Waals surface area contributed by atoms with E-state index in [2.05, 4.69) is 20.9 Å². The molecule has 7 heteroatoms. The number of benzene rings is 2. The van der Waals surface area contributed by atoms with Crippen molar-refractivity contribution in [2.45, 2.75) is 13.0 Å². The summed E-state index contributed by atoms with van der Waals surface area (Å²) in [7, 11) is 0. The van der Waals surface area contributed by atoms with Gasteiger partial charge in [-0.3, -0.25) is 19.5 Å². The summed E-state index contributed by atoms with van der Waals surface area (Å²) in [6.07, 6.45) is 3.18. The standard InChI is InChI=1S/C24H19BrN2O4/c1-2-31-19-5-3-4-16(14-19)22(28)20-21(15-10-12-26-13-11-15)27(24(30)23(20)29)18-8-6-17(25)7-9-18/h3-14,21,28H,2H2,1H3/b22-20-. The van der Waals surface area contributed by atoms with Crippen LogP contribution >= 0.6 is 15.9 Å². The zero-order valence-electron chi connectivity index (χ0n) is 16.7. The first-order valence-electron chi connectivity index (χ1n) is 9.71. The Balaban J connectivity index is 1.90. The Kier molecular flexibility index (Phi) is 5.86. The topological polar surface area (TPSA) is 79.7 Å². The first-order chi connectivity index (χ1) is 15.0. The second kappa shape index (κ2) is 8.73. The van der Waals surface area contributed by atoms with Gasteiger partial charge in [0.05, 0.1) is 18.2 Å². The third-order valence-electron chi connectivity index (χ3n) is 4.99. The number of rotatable bonds is 5. The van der Waals surface area contributed by atoms with Crippen molar-refractivity contribution in [3.05, 3.63) is 94.2 Å². The van der Waals surface area contributed by atoms with Crippen molar-refractivity contribution in [1.29, 1.82) is 0 Å². The number of amides is 1. The zero-order valence-corrected chi connectivity index (χ0v) is 18.2. The lowest BCUT2D eigenvalue weighted by molar-refractivity contribution is -0.132. The Morgan fingerprint density at radius 3 is 2.48 bits per heavy atom. The number of aliphatic hydroxyl groups is 1. The minimum atomic E-state index is -0.792. The molecule has 3 aromatic rings. The van der Waals surface area contributed by atoms with Crippen molar-refractivity contribution in [2.75, 3.05) is 11.5 Å². The van der Waals surface area contributed by atoms with Gasteiger partial charge in [0.1, 0.15) is 11.5 Å². The maximum Gasteiger partial charge on any atom is 0.300 e. The van der Waals surface area contributed by atoms with Crippen molar-refractivity contribution in [2.24, 2.45) is 0 Å². The molecule has 1 aliphatic heterocycles. The van der Waals surface area contributed by atoms with Gasteiger partial charge in [-0.2, -0.15) is 0 Å². The molecule has 0 bridgehead atoms. The van der Waals surface area contributed by atoms with Gasteiger partial charge in [0, 0.05) is 28.1 Å². The largest absolute Gasteiger partial charge is 0.507 e. The minimum absolute atomic E-state index is 0.0211. The van der Waals surface area contributed by atoms with Crippen molar-refractivity contribution in [3.63, 3.8) is 0 Å². The summed E-state index contributed by atoms with van der Waals surface area (Å²) in [4.78, 5) is 31.6. The van der Waals surface area contributed by atoms with Crippen LogP contribution in [0.4, 0.5) is 5.69 Å². The van der Waals surface area contributed by atoms with Gasteiger partial charge >= 0.3 is 0 Å². The highest BCUT2D eigenvalue weighted by atomic mass is 79.9. The molecule has 2 aromatic carbocycles. The van der Waals surface area contributed by atoms with Crippen LogP contribution in [-0.4, -0.2) is 28.4 Å². The van der Waals surface area contributed by atoms with Gasteiger partial charge in [-0.15, -0.1) is 0 Å². The van der Waals surface area contributed by atoms with Crippen LogP contribution in [-0.2, 0) is 9.59 Å². The van der Waals surface area contributed by atoms with Crippen LogP contribution in [0.15, 0.2) is 83.1 Å². The molecular weight excluding hydrogens is 460 g/mol. The molecule has 1 N–H and O–H groups in total. The average Bonchev–Trinajstić information content (AvgIpc) is 3.05. The zero-order chi connectivity index (χ0) is 22.0. The minimum Gasteiger partial charge on any atom is -0.507 e. The lowest BCUT2D eigenvalue weighted by Gasteiger charge is -2.25. The molecule has 4 rings (SSSR count). The summed E-state index contributed by atoms with van der Waals surface area (Å²) in [5.74, 6) is -1.13. The average molecular weight is 479 g/mol. The maximum atomic E-state index is 13.1. The highest BCUT2D eigenvalue weighted by molar-refractivity contribution is 9.10. The first-order valence-corrected chi connectivity index (χ1v) is 10.5. The summed E-state index contributed by atoms with van der Waals surface area (Å²) in [5.41, 5.74) is 1.64. The van der Waals surface area contributed by atoms with E-state index in [1.165, 1.54) is 4.90 Å². The number of hydrogen-bond acceptors (Lipinski definition) is 5. The van der Waals surface area contributed by atoms with Crippen LogP contribution in [0, 0.1) is 0 Å². The molecule has 1 saturated heterocycles. The summed E-state index contributed by atoms with van der Waals surface area (Å²) in [6, 6.07) is 16.6. The Morgan fingerprint density at radius 2 is 1.81 bits per heavy atom. The SMILES string of the molecule is CCOc1cccc(/C(O)=C2/C(=O)C(=O)N(c3ccc(Br)cc3)C2c2ccncc2)c1. The summed E-state index contributed by atoms with van der Waals surface area (Å²) < 4.78 is 6.36. The van der Waals surface area contributed by atoms with Crippen molar-refractivity contribution >= 4 is 39.1 Å². The summed E-state index contributed by atoms with van der Waals surface area (Å²) in [6.45, 7) is 2.33. The van der Waals surface area contributed by atoms with E-state index in [1.54, 1.807) is 73.1 Å². The van der Waals surface area contributed by atoms with E-state index in [0.717, 1.165) is 4.47 Å². The molecule has 0 spiro atoms. The van der Waals surface area contributed by atoms with Gasteiger partial charge in [0.25, 0.3) is 11.7 Å². The van der Waals surface area contributed by atoms with Gasteiger partial charge < -0.3 is 9.84 Å². The fraction of sp³-hybridized carbons (Fsp3) is 0.125.